The number of hydrogen-bond acceptors (Lipinski definition) is 7. The number of esters is 1. The number of benzene rings is 1. The first-order valence-electron chi connectivity index (χ1n) is 11.4. The molecule has 2 heterocycles. The number of anilines is 1. The fourth-order valence-electron chi connectivity index (χ4n) is 4.05. The molecule has 0 aliphatic carbocycles. The second-order valence-electron chi connectivity index (χ2n) is 8.31. The fraction of sp³-hybridized carbons (Fsp3) is 0.591. The molecule has 2 saturated heterocycles. The first kappa shape index (κ1) is 25.0. The Morgan fingerprint density at radius 2 is 1.58 bits per heavy atom. The van der Waals surface area contributed by atoms with Crippen LogP contribution in [0.15, 0.2) is 23.1 Å². The van der Waals surface area contributed by atoms with Crippen molar-refractivity contribution in [3.05, 3.63) is 23.8 Å². The Morgan fingerprint density at radius 3 is 2.18 bits per heavy atom. The first-order valence-corrected chi connectivity index (χ1v) is 12.8. The van der Waals surface area contributed by atoms with Crippen molar-refractivity contribution in [3.8, 4) is 0 Å². The predicted octanol–water partition coefficient (Wildman–Crippen LogP) is 1.85. The minimum Gasteiger partial charge on any atom is -0.449 e. The van der Waals surface area contributed by atoms with Gasteiger partial charge in [-0.05, 0) is 57.2 Å². The number of amides is 3. The van der Waals surface area contributed by atoms with Crippen molar-refractivity contribution in [2.45, 2.75) is 56.4 Å². The van der Waals surface area contributed by atoms with E-state index in [4.69, 9.17) is 4.74 Å². The Labute approximate surface area is 194 Å². The van der Waals surface area contributed by atoms with Crippen LogP contribution in [0.4, 0.5) is 10.5 Å². The van der Waals surface area contributed by atoms with Crippen molar-refractivity contribution < 1.29 is 27.5 Å². The van der Waals surface area contributed by atoms with Gasteiger partial charge in [-0.1, -0.05) is 6.42 Å². The zero-order valence-corrected chi connectivity index (χ0v) is 19.9. The van der Waals surface area contributed by atoms with Crippen LogP contribution in [-0.2, 0) is 19.6 Å². The average Bonchev–Trinajstić information content (AvgIpc) is 2.84. The standard InChI is InChI=1S/C22H32N4O6S/c1-16(20(27)24-22(29)23-2)32-21(28)17-9-10-18(25-11-5-3-6-12-25)19(15-17)33(30,31)26-13-7-4-8-14-26/h9-10,15-16H,3-8,11-14H2,1-2H3,(H2,23,24,27,29). The van der Waals surface area contributed by atoms with Gasteiger partial charge in [-0.3, -0.25) is 10.1 Å². The van der Waals surface area contributed by atoms with Crippen LogP contribution in [0.2, 0.25) is 0 Å². The van der Waals surface area contributed by atoms with Crippen molar-refractivity contribution in [1.82, 2.24) is 14.9 Å². The number of urea groups is 1. The topological polar surface area (TPSA) is 125 Å². The Balaban J connectivity index is 1.89. The molecule has 3 amide bonds. The molecule has 2 fully saturated rings. The maximum atomic E-state index is 13.5. The maximum absolute atomic E-state index is 13.5. The molecule has 2 N–H and O–H groups in total. The van der Waals surface area contributed by atoms with Gasteiger partial charge in [-0.15, -0.1) is 0 Å². The molecule has 2 aliphatic heterocycles. The molecule has 0 bridgehead atoms. The monoisotopic (exact) mass is 480 g/mol. The first-order chi connectivity index (χ1) is 15.7. The molecule has 0 radical (unpaired) electrons. The van der Waals surface area contributed by atoms with E-state index in [-0.39, 0.29) is 10.5 Å². The highest BCUT2D eigenvalue weighted by Crippen LogP contribution is 2.32. The third kappa shape index (κ3) is 6.02. The van der Waals surface area contributed by atoms with Crippen molar-refractivity contribution in [3.63, 3.8) is 0 Å². The van der Waals surface area contributed by atoms with Crippen LogP contribution in [0.3, 0.4) is 0 Å². The van der Waals surface area contributed by atoms with E-state index in [0.29, 0.717) is 18.8 Å². The van der Waals surface area contributed by atoms with Crippen LogP contribution in [0.25, 0.3) is 0 Å². The Kier molecular flexibility index (Phi) is 8.30. The van der Waals surface area contributed by atoms with Crippen LogP contribution in [0.5, 0.6) is 0 Å². The molecule has 2 aliphatic rings. The number of carbonyl (C=O) groups is 3. The van der Waals surface area contributed by atoms with E-state index >= 15 is 0 Å². The number of nitrogens with zero attached hydrogens (tertiary/aromatic N) is 2. The normalized spacial score (nSPS) is 18.3. The highest BCUT2D eigenvalue weighted by molar-refractivity contribution is 7.89. The Morgan fingerprint density at radius 1 is 0.970 bits per heavy atom. The third-order valence-corrected chi connectivity index (χ3v) is 7.87. The number of ether oxygens (including phenoxy) is 1. The number of hydrogen-bond donors (Lipinski definition) is 2. The minimum absolute atomic E-state index is 0.0333. The van der Waals surface area contributed by atoms with E-state index in [0.717, 1.165) is 51.6 Å². The summed E-state index contributed by atoms with van der Waals surface area (Å²) in [5, 5.41) is 4.28. The lowest BCUT2D eigenvalue weighted by atomic mass is 10.1. The molecule has 1 atom stereocenters. The van der Waals surface area contributed by atoms with E-state index in [1.165, 1.54) is 30.4 Å². The largest absolute Gasteiger partial charge is 0.449 e. The number of sulfonamides is 1. The number of nitrogens with one attached hydrogen (secondary N) is 2. The molecule has 0 spiro atoms. The molecule has 11 heteroatoms. The quantitative estimate of drug-likeness (QED) is 0.595. The number of imide groups is 1. The smallest absolute Gasteiger partial charge is 0.338 e. The summed E-state index contributed by atoms with van der Waals surface area (Å²) >= 11 is 0. The molecule has 0 aromatic heterocycles. The van der Waals surface area contributed by atoms with Gasteiger partial charge in [0.05, 0.1) is 11.3 Å². The summed E-state index contributed by atoms with van der Waals surface area (Å²) in [6.07, 6.45) is 4.42. The molecular formula is C22H32N4O6S. The van der Waals surface area contributed by atoms with Crippen molar-refractivity contribution in [2.24, 2.45) is 0 Å². The molecule has 1 aromatic carbocycles. The van der Waals surface area contributed by atoms with Crippen LogP contribution in [0, 0.1) is 0 Å². The molecule has 182 valence electrons. The minimum atomic E-state index is -3.81. The lowest BCUT2D eigenvalue weighted by molar-refractivity contribution is -0.127. The molecule has 1 aromatic rings. The summed E-state index contributed by atoms with van der Waals surface area (Å²) in [5.41, 5.74) is 0.619. The predicted molar refractivity (Wildman–Crippen MR) is 123 cm³/mol. The van der Waals surface area contributed by atoms with E-state index in [2.05, 4.69) is 10.2 Å². The van der Waals surface area contributed by atoms with Gasteiger partial charge in [-0.2, -0.15) is 4.31 Å². The molecule has 0 saturated carbocycles. The summed E-state index contributed by atoms with van der Waals surface area (Å²) in [6, 6.07) is 3.79. The van der Waals surface area contributed by atoms with Crippen molar-refractivity contribution in [1.29, 1.82) is 0 Å². The van der Waals surface area contributed by atoms with E-state index in [1.54, 1.807) is 6.07 Å². The van der Waals surface area contributed by atoms with E-state index < -0.39 is 34.0 Å². The molecule has 1 unspecified atom stereocenters. The highest BCUT2D eigenvalue weighted by Gasteiger charge is 2.31. The van der Waals surface area contributed by atoms with Gasteiger partial charge in [0.2, 0.25) is 10.0 Å². The number of carbonyl (C=O) groups excluding carboxylic acids is 3. The fourth-order valence-corrected chi connectivity index (χ4v) is 5.80. The van der Waals surface area contributed by atoms with Crippen molar-refractivity contribution >= 4 is 33.6 Å². The number of piperidine rings is 2. The van der Waals surface area contributed by atoms with Gasteiger partial charge in [-0.25, -0.2) is 18.0 Å². The van der Waals surface area contributed by atoms with Crippen LogP contribution in [0.1, 0.15) is 55.8 Å². The van der Waals surface area contributed by atoms with Crippen LogP contribution >= 0.6 is 0 Å². The molecule has 3 rings (SSSR count). The summed E-state index contributed by atoms with van der Waals surface area (Å²) in [5.74, 6) is -1.62. The van der Waals surface area contributed by atoms with Gasteiger partial charge in [0.1, 0.15) is 4.90 Å². The highest BCUT2D eigenvalue weighted by atomic mass is 32.2. The second-order valence-corrected chi connectivity index (χ2v) is 10.2. The second kappa shape index (κ2) is 11.0. The molecule has 10 nitrogen and oxygen atoms in total. The van der Waals surface area contributed by atoms with E-state index in [1.807, 2.05) is 5.32 Å². The average molecular weight is 481 g/mol. The maximum Gasteiger partial charge on any atom is 0.338 e. The van der Waals surface area contributed by atoms with Crippen LogP contribution < -0.4 is 15.5 Å². The summed E-state index contributed by atoms with van der Waals surface area (Å²) < 4.78 is 33.8. The van der Waals surface area contributed by atoms with Gasteiger partial charge in [0.25, 0.3) is 5.91 Å². The summed E-state index contributed by atoms with van der Waals surface area (Å²) in [7, 11) is -2.46. The lowest BCUT2D eigenvalue weighted by Crippen LogP contribution is -2.43. The molecular weight excluding hydrogens is 448 g/mol. The van der Waals surface area contributed by atoms with Gasteiger partial charge >= 0.3 is 12.0 Å². The van der Waals surface area contributed by atoms with E-state index in [9.17, 15) is 22.8 Å². The molecule has 33 heavy (non-hydrogen) atoms. The summed E-state index contributed by atoms with van der Waals surface area (Å²) in [4.78, 5) is 38.2. The zero-order chi connectivity index (χ0) is 24.0. The van der Waals surface area contributed by atoms with Crippen molar-refractivity contribution in [2.75, 3.05) is 38.1 Å². The third-order valence-electron chi connectivity index (χ3n) is 5.94. The Hall–Kier alpha value is -2.66. The van der Waals surface area contributed by atoms with Gasteiger partial charge < -0.3 is 15.0 Å². The Bertz CT molecular complexity index is 985. The van der Waals surface area contributed by atoms with Gasteiger partial charge in [0, 0.05) is 33.2 Å². The SMILES string of the molecule is CNC(=O)NC(=O)C(C)OC(=O)c1ccc(N2CCCCC2)c(S(=O)(=O)N2CCCCC2)c1. The zero-order valence-electron chi connectivity index (χ0n) is 19.1. The lowest BCUT2D eigenvalue weighted by Gasteiger charge is -2.33. The van der Waals surface area contributed by atoms with Gasteiger partial charge in [0.15, 0.2) is 6.10 Å². The van der Waals surface area contributed by atoms with Crippen LogP contribution in [-0.4, -0.2) is 70.0 Å². The number of rotatable bonds is 6. The summed E-state index contributed by atoms with van der Waals surface area (Å²) in [6.45, 7) is 3.75.